The standard InChI is InChI=1S/2C6H9NO3/c2*8-7-5-2-1-4-3-9-6(5)10-4/h2*4,6,8H,1-3H2/b2*7-5+/t2*4-,6+/m00/s1. The Morgan fingerprint density at radius 1 is 0.800 bits per heavy atom. The van der Waals surface area contributed by atoms with Gasteiger partial charge in [-0.05, 0) is 25.7 Å². The van der Waals surface area contributed by atoms with E-state index in [2.05, 4.69) is 10.3 Å². The molecule has 8 heteroatoms. The fraction of sp³-hybridized carbons (Fsp3) is 0.833. The van der Waals surface area contributed by atoms with Crippen molar-refractivity contribution in [3.05, 3.63) is 0 Å². The van der Waals surface area contributed by atoms with E-state index in [-0.39, 0.29) is 24.8 Å². The van der Waals surface area contributed by atoms with Crippen LogP contribution >= 0.6 is 0 Å². The zero-order chi connectivity index (χ0) is 13.9. The molecular weight excluding hydrogens is 268 g/mol. The van der Waals surface area contributed by atoms with Crippen LogP contribution in [0.1, 0.15) is 25.7 Å². The quantitative estimate of drug-likeness (QED) is 0.502. The SMILES string of the molecule is O/N=C1\CC[C@H]2CO[C@@H]1O2.O/N=C1\CC[C@H]2CO[C@@H]1O2. The zero-order valence-corrected chi connectivity index (χ0v) is 11.0. The Kier molecular flexibility index (Phi) is 4.16. The van der Waals surface area contributed by atoms with E-state index in [4.69, 9.17) is 29.4 Å². The lowest BCUT2D eigenvalue weighted by Gasteiger charge is -2.17. The number of fused-ring (bicyclic) bond motifs is 4. The van der Waals surface area contributed by atoms with E-state index < -0.39 is 0 Å². The molecule has 8 nitrogen and oxygen atoms in total. The summed E-state index contributed by atoms with van der Waals surface area (Å²) in [6.07, 6.45) is 3.17. The Hall–Kier alpha value is -1.22. The molecule has 0 amide bonds. The van der Waals surface area contributed by atoms with Crippen LogP contribution in [-0.4, -0.2) is 59.8 Å². The van der Waals surface area contributed by atoms with Crippen molar-refractivity contribution < 1.29 is 29.4 Å². The van der Waals surface area contributed by atoms with Crippen molar-refractivity contribution in [2.75, 3.05) is 13.2 Å². The summed E-state index contributed by atoms with van der Waals surface area (Å²) in [7, 11) is 0. The molecule has 4 saturated heterocycles. The van der Waals surface area contributed by atoms with Gasteiger partial charge in [-0.2, -0.15) is 0 Å². The third kappa shape index (κ3) is 2.78. The highest BCUT2D eigenvalue weighted by atomic mass is 16.7. The molecule has 4 aliphatic rings. The summed E-state index contributed by atoms with van der Waals surface area (Å²) in [5, 5.41) is 23.1. The van der Waals surface area contributed by atoms with E-state index in [1.54, 1.807) is 0 Å². The molecule has 0 radical (unpaired) electrons. The molecule has 0 saturated carbocycles. The van der Waals surface area contributed by atoms with Gasteiger partial charge in [0.2, 0.25) is 12.6 Å². The largest absolute Gasteiger partial charge is 0.411 e. The summed E-state index contributed by atoms with van der Waals surface area (Å²) in [5.41, 5.74) is 1.24. The number of rotatable bonds is 0. The lowest BCUT2D eigenvalue weighted by Crippen LogP contribution is -2.28. The van der Waals surface area contributed by atoms with Crippen molar-refractivity contribution in [1.29, 1.82) is 0 Å². The Balaban J connectivity index is 0.000000121. The van der Waals surface area contributed by atoms with Crippen molar-refractivity contribution in [3.8, 4) is 0 Å². The van der Waals surface area contributed by atoms with Crippen molar-refractivity contribution in [2.24, 2.45) is 10.3 Å². The topological polar surface area (TPSA) is 102 Å². The van der Waals surface area contributed by atoms with E-state index in [1.165, 1.54) is 0 Å². The molecule has 0 unspecified atom stereocenters. The molecule has 0 aromatic heterocycles. The van der Waals surface area contributed by atoms with E-state index in [1.807, 2.05) is 0 Å². The second-order valence-electron chi connectivity index (χ2n) is 5.11. The van der Waals surface area contributed by atoms with Crippen LogP contribution in [0, 0.1) is 0 Å². The molecule has 4 rings (SSSR count). The minimum absolute atomic E-state index is 0.232. The molecule has 4 fully saturated rings. The first-order valence-corrected chi connectivity index (χ1v) is 6.76. The second kappa shape index (κ2) is 6.04. The third-order valence-corrected chi connectivity index (χ3v) is 3.75. The van der Waals surface area contributed by atoms with E-state index in [9.17, 15) is 0 Å². The Bertz CT molecular complexity index is 375. The molecule has 2 N–H and O–H groups in total. The molecule has 112 valence electrons. The lowest BCUT2D eigenvalue weighted by molar-refractivity contribution is -0.0189. The average molecular weight is 286 g/mol. The molecule has 4 heterocycles. The summed E-state index contributed by atoms with van der Waals surface area (Å²) in [5.74, 6) is 0. The number of hydrogen-bond acceptors (Lipinski definition) is 8. The number of ether oxygens (including phenoxy) is 4. The van der Waals surface area contributed by atoms with Gasteiger partial charge in [0.05, 0.1) is 25.4 Å². The van der Waals surface area contributed by atoms with Crippen molar-refractivity contribution >= 4 is 11.4 Å². The molecule has 0 aromatic rings. The van der Waals surface area contributed by atoms with E-state index in [0.29, 0.717) is 24.6 Å². The van der Waals surface area contributed by atoms with Gasteiger partial charge in [0, 0.05) is 0 Å². The van der Waals surface area contributed by atoms with Gasteiger partial charge in [-0.3, -0.25) is 0 Å². The van der Waals surface area contributed by atoms with Crippen molar-refractivity contribution in [3.63, 3.8) is 0 Å². The predicted octanol–water partition coefficient (Wildman–Crippen LogP) is 0.704. The van der Waals surface area contributed by atoms with Gasteiger partial charge in [0.1, 0.15) is 11.4 Å². The Labute approximate surface area is 115 Å². The zero-order valence-electron chi connectivity index (χ0n) is 11.0. The van der Waals surface area contributed by atoms with Crippen molar-refractivity contribution in [1.82, 2.24) is 0 Å². The maximum Gasteiger partial charge on any atom is 0.200 e. The minimum atomic E-state index is -0.358. The van der Waals surface area contributed by atoms with Gasteiger partial charge in [-0.15, -0.1) is 0 Å². The summed E-state index contributed by atoms with van der Waals surface area (Å²) in [6.45, 7) is 1.29. The summed E-state index contributed by atoms with van der Waals surface area (Å²) < 4.78 is 20.9. The highest BCUT2D eigenvalue weighted by molar-refractivity contribution is 5.88. The minimum Gasteiger partial charge on any atom is -0.411 e. The molecule has 20 heavy (non-hydrogen) atoms. The highest BCUT2D eigenvalue weighted by Gasteiger charge is 2.36. The Morgan fingerprint density at radius 2 is 1.25 bits per heavy atom. The first-order chi connectivity index (χ1) is 9.80. The van der Waals surface area contributed by atoms with Gasteiger partial charge >= 0.3 is 0 Å². The smallest absolute Gasteiger partial charge is 0.200 e. The molecular formula is C12H18N2O6. The van der Waals surface area contributed by atoms with Crippen LogP contribution in [0.25, 0.3) is 0 Å². The number of hydrogen-bond donors (Lipinski definition) is 2. The average Bonchev–Trinajstić information content (AvgIpc) is 3.05. The van der Waals surface area contributed by atoms with Gasteiger partial charge in [0.25, 0.3) is 0 Å². The second-order valence-corrected chi connectivity index (χ2v) is 5.11. The first kappa shape index (κ1) is 13.7. The summed E-state index contributed by atoms with van der Waals surface area (Å²) >= 11 is 0. The van der Waals surface area contributed by atoms with Crippen LogP contribution < -0.4 is 0 Å². The maximum absolute atomic E-state index is 8.44. The number of oxime groups is 2. The molecule has 0 aromatic carbocycles. The summed E-state index contributed by atoms with van der Waals surface area (Å²) in [4.78, 5) is 0. The van der Waals surface area contributed by atoms with Crippen LogP contribution in [0.3, 0.4) is 0 Å². The highest BCUT2D eigenvalue weighted by Crippen LogP contribution is 2.25. The number of nitrogens with zero attached hydrogens (tertiary/aromatic N) is 2. The fourth-order valence-corrected chi connectivity index (χ4v) is 2.60. The van der Waals surface area contributed by atoms with Crippen LogP contribution in [0.4, 0.5) is 0 Å². The lowest BCUT2D eigenvalue weighted by atomic mass is 10.1. The van der Waals surface area contributed by atoms with E-state index in [0.717, 1.165) is 25.7 Å². The van der Waals surface area contributed by atoms with Gasteiger partial charge in [-0.1, -0.05) is 10.3 Å². The molecule has 0 aliphatic carbocycles. The van der Waals surface area contributed by atoms with Gasteiger partial charge in [0.15, 0.2) is 0 Å². The van der Waals surface area contributed by atoms with E-state index >= 15 is 0 Å². The monoisotopic (exact) mass is 286 g/mol. The predicted molar refractivity (Wildman–Crippen MR) is 66.1 cm³/mol. The van der Waals surface area contributed by atoms with Crippen LogP contribution in [-0.2, 0) is 18.9 Å². The molecule has 4 atom stereocenters. The molecule has 4 bridgehead atoms. The molecule has 4 aliphatic heterocycles. The van der Waals surface area contributed by atoms with Crippen LogP contribution in [0.2, 0.25) is 0 Å². The Morgan fingerprint density at radius 3 is 1.65 bits per heavy atom. The fourth-order valence-electron chi connectivity index (χ4n) is 2.60. The molecule has 0 spiro atoms. The maximum atomic E-state index is 8.44. The van der Waals surface area contributed by atoms with Gasteiger partial charge in [-0.25, -0.2) is 0 Å². The van der Waals surface area contributed by atoms with Crippen molar-refractivity contribution in [2.45, 2.75) is 50.5 Å². The normalized spacial score (nSPS) is 42.6. The first-order valence-electron chi connectivity index (χ1n) is 6.76. The van der Waals surface area contributed by atoms with Gasteiger partial charge < -0.3 is 29.4 Å². The third-order valence-electron chi connectivity index (χ3n) is 3.75. The van der Waals surface area contributed by atoms with Crippen LogP contribution in [0.5, 0.6) is 0 Å². The summed E-state index contributed by atoms with van der Waals surface area (Å²) in [6, 6.07) is 0. The van der Waals surface area contributed by atoms with Crippen LogP contribution in [0.15, 0.2) is 10.3 Å².